The molecule has 2 saturated carbocycles. The molecule has 2 fully saturated rings. The number of hydrogen-bond acceptors (Lipinski definition) is 1. The summed E-state index contributed by atoms with van der Waals surface area (Å²) >= 11 is 0. The van der Waals surface area contributed by atoms with Gasteiger partial charge < -0.3 is 5.11 Å². The Morgan fingerprint density at radius 3 is 2.71 bits per heavy atom. The molecule has 0 aromatic heterocycles. The topological polar surface area (TPSA) is 20.2 Å². The molecule has 120 valence electrons. The van der Waals surface area contributed by atoms with Crippen LogP contribution in [0.15, 0.2) is 23.8 Å². The van der Waals surface area contributed by atoms with Gasteiger partial charge in [-0.3, -0.25) is 0 Å². The van der Waals surface area contributed by atoms with Gasteiger partial charge >= 0.3 is 0 Å². The first-order valence-electron chi connectivity index (χ1n) is 8.75. The van der Waals surface area contributed by atoms with Crippen LogP contribution in [0.4, 0.5) is 0 Å². The fraction of sp³-hybridized carbons (Fsp3) is 0.800. The summed E-state index contributed by atoms with van der Waals surface area (Å²) in [5.74, 6) is 1.51. The summed E-state index contributed by atoms with van der Waals surface area (Å²) in [6, 6.07) is 0. The second-order valence-corrected chi connectivity index (χ2v) is 8.44. The number of fused-ring (bicyclic) bond motifs is 1. The Kier molecular flexibility index (Phi) is 5.03. The lowest BCUT2D eigenvalue weighted by atomic mass is 9.47. The molecule has 2 aliphatic rings. The average molecular weight is 290 g/mol. The normalized spacial score (nSPS) is 36.4. The second-order valence-electron chi connectivity index (χ2n) is 8.44. The molecule has 1 N–H and O–H groups in total. The molecular weight excluding hydrogens is 256 g/mol. The molecule has 0 aromatic rings. The lowest BCUT2D eigenvalue weighted by Crippen LogP contribution is -2.49. The maximum atomic E-state index is 9.14. The highest BCUT2D eigenvalue weighted by Crippen LogP contribution is 2.61. The highest BCUT2D eigenvalue weighted by atomic mass is 16.3. The van der Waals surface area contributed by atoms with Gasteiger partial charge in [0, 0.05) is 0 Å². The molecule has 0 radical (unpaired) electrons. The number of aliphatic hydroxyl groups excluding tert-OH is 1. The summed E-state index contributed by atoms with van der Waals surface area (Å²) in [5, 5.41) is 9.14. The smallest absolute Gasteiger partial charge is 0.0639 e. The average Bonchev–Trinajstić information content (AvgIpc) is 2.40. The highest BCUT2D eigenvalue weighted by Gasteiger charge is 2.52. The molecule has 0 bridgehead atoms. The standard InChI is InChI=1S/C20H34O/c1-15(14-21)8-6-9-17-16(2)10-11-18-19(3,4)12-7-13-20(17,18)5/h8,17-18,21H,2,6-7,9-14H2,1,3-5H3/b15-8+/t17-,18-,20+/m0/s1. The van der Waals surface area contributed by atoms with E-state index >= 15 is 0 Å². The van der Waals surface area contributed by atoms with Gasteiger partial charge in [0.05, 0.1) is 6.61 Å². The number of allylic oxidation sites excluding steroid dienone is 2. The van der Waals surface area contributed by atoms with E-state index in [0.717, 1.165) is 17.9 Å². The Hall–Kier alpha value is -0.560. The SMILES string of the molecule is C=C1CC[C@H]2C(C)(C)CCC[C@]2(C)[C@H]1CC/C=C(\C)CO. The Morgan fingerprint density at radius 1 is 1.33 bits per heavy atom. The van der Waals surface area contributed by atoms with Gasteiger partial charge in [0.15, 0.2) is 0 Å². The van der Waals surface area contributed by atoms with Crippen molar-refractivity contribution in [3.05, 3.63) is 23.8 Å². The van der Waals surface area contributed by atoms with Crippen molar-refractivity contribution in [2.24, 2.45) is 22.7 Å². The van der Waals surface area contributed by atoms with Gasteiger partial charge in [-0.1, -0.05) is 51.0 Å². The molecule has 0 heterocycles. The minimum atomic E-state index is 0.193. The summed E-state index contributed by atoms with van der Waals surface area (Å²) in [6.07, 6.45) is 11.2. The third-order valence-electron chi connectivity index (χ3n) is 6.52. The molecule has 0 spiro atoms. The summed E-state index contributed by atoms with van der Waals surface area (Å²) < 4.78 is 0. The molecule has 2 rings (SSSR count). The van der Waals surface area contributed by atoms with E-state index in [1.54, 1.807) is 0 Å². The number of hydrogen-bond donors (Lipinski definition) is 1. The fourth-order valence-corrected chi connectivity index (χ4v) is 5.37. The van der Waals surface area contributed by atoms with Crippen molar-refractivity contribution in [3.63, 3.8) is 0 Å². The lowest BCUT2D eigenvalue weighted by Gasteiger charge is -2.58. The van der Waals surface area contributed by atoms with E-state index in [0.29, 0.717) is 16.7 Å². The Balaban J connectivity index is 2.16. The first-order chi connectivity index (χ1) is 9.81. The van der Waals surface area contributed by atoms with Crippen molar-refractivity contribution in [2.75, 3.05) is 6.61 Å². The van der Waals surface area contributed by atoms with E-state index in [1.165, 1.54) is 44.1 Å². The van der Waals surface area contributed by atoms with Gasteiger partial charge in [-0.2, -0.15) is 0 Å². The fourth-order valence-electron chi connectivity index (χ4n) is 5.37. The Labute approximate surface area is 131 Å². The predicted octanol–water partition coefficient (Wildman–Crippen LogP) is 5.50. The minimum Gasteiger partial charge on any atom is -0.392 e. The number of aliphatic hydroxyl groups is 1. The Bertz CT molecular complexity index is 418. The summed E-state index contributed by atoms with van der Waals surface area (Å²) in [7, 11) is 0. The molecule has 21 heavy (non-hydrogen) atoms. The lowest BCUT2D eigenvalue weighted by molar-refractivity contribution is -0.0537. The van der Waals surface area contributed by atoms with Crippen molar-refractivity contribution < 1.29 is 5.11 Å². The maximum Gasteiger partial charge on any atom is 0.0639 e. The van der Waals surface area contributed by atoms with E-state index in [2.05, 4.69) is 33.4 Å². The van der Waals surface area contributed by atoms with Crippen molar-refractivity contribution in [2.45, 2.75) is 72.6 Å². The predicted molar refractivity (Wildman–Crippen MR) is 91.2 cm³/mol. The van der Waals surface area contributed by atoms with Crippen molar-refractivity contribution in [3.8, 4) is 0 Å². The van der Waals surface area contributed by atoms with E-state index in [9.17, 15) is 0 Å². The van der Waals surface area contributed by atoms with Crippen LogP contribution >= 0.6 is 0 Å². The third kappa shape index (κ3) is 3.28. The van der Waals surface area contributed by atoms with Crippen LogP contribution in [-0.4, -0.2) is 11.7 Å². The zero-order valence-corrected chi connectivity index (χ0v) is 14.5. The van der Waals surface area contributed by atoms with Gasteiger partial charge in [0.1, 0.15) is 0 Å². The second kappa shape index (κ2) is 6.28. The third-order valence-corrected chi connectivity index (χ3v) is 6.52. The molecule has 1 heteroatoms. The van der Waals surface area contributed by atoms with Gasteiger partial charge in [0.2, 0.25) is 0 Å². The van der Waals surface area contributed by atoms with Crippen LogP contribution in [0.25, 0.3) is 0 Å². The van der Waals surface area contributed by atoms with E-state index < -0.39 is 0 Å². The molecule has 3 atom stereocenters. The van der Waals surface area contributed by atoms with Crippen LogP contribution in [0, 0.1) is 22.7 Å². The van der Waals surface area contributed by atoms with Gasteiger partial charge in [-0.25, -0.2) is 0 Å². The van der Waals surface area contributed by atoms with Crippen LogP contribution in [-0.2, 0) is 0 Å². The Morgan fingerprint density at radius 2 is 2.05 bits per heavy atom. The first kappa shape index (κ1) is 16.8. The zero-order chi connectivity index (χ0) is 15.7. The van der Waals surface area contributed by atoms with Crippen molar-refractivity contribution in [1.29, 1.82) is 0 Å². The highest BCUT2D eigenvalue weighted by molar-refractivity contribution is 5.16. The molecule has 1 nitrogen and oxygen atoms in total. The molecule has 0 saturated heterocycles. The van der Waals surface area contributed by atoms with Crippen LogP contribution < -0.4 is 0 Å². The summed E-state index contributed by atoms with van der Waals surface area (Å²) in [6.45, 7) is 14.1. The van der Waals surface area contributed by atoms with E-state index in [4.69, 9.17) is 5.11 Å². The van der Waals surface area contributed by atoms with Crippen LogP contribution in [0.1, 0.15) is 72.6 Å². The van der Waals surface area contributed by atoms with Crippen molar-refractivity contribution >= 4 is 0 Å². The quantitative estimate of drug-likeness (QED) is 0.677. The molecule has 0 aliphatic heterocycles. The zero-order valence-electron chi connectivity index (χ0n) is 14.5. The van der Waals surface area contributed by atoms with Gasteiger partial charge in [-0.05, 0) is 68.1 Å². The molecule has 0 amide bonds. The summed E-state index contributed by atoms with van der Waals surface area (Å²) in [5.41, 5.74) is 3.52. The molecule has 0 unspecified atom stereocenters. The molecular formula is C20H34O. The van der Waals surface area contributed by atoms with Gasteiger partial charge in [-0.15, -0.1) is 0 Å². The molecule has 0 aromatic carbocycles. The summed E-state index contributed by atoms with van der Waals surface area (Å²) in [4.78, 5) is 0. The first-order valence-corrected chi connectivity index (χ1v) is 8.75. The minimum absolute atomic E-state index is 0.193. The largest absolute Gasteiger partial charge is 0.392 e. The van der Waals surface area contributed by atoms with Crippen LogP contribution in [0.3, 0.4) is 0 Å². The monoisotopic (exact) mass is 290 g/mol. The van der Waals surface area contributed by atoms with Gasteiger partial charge in [0.25, 0.3) is 0 Å². The van der Waals surface area contributed by atoms with Crippen LogP contribution in [0.5, 0.6) is 0 Å². The van der Waals surface area contributed by atoms with E-state index in [1.807, 2.05) is 6.92 Å². The molecule has 2 aliphatic carbocycles. The van der Waals surface area contributed by atoms with E-state index in [-0.39, 0.29) is 6.61 Å². The van der Waals surface area contributed by atoms with Crippen LogP contribution in [0.2, 0.25) is 0 Å². The maximum absolute atomic E-state index is 9.14. The van der Waals surface area contributed by atoms with Crippen molar-refractivity contribution in [1.82, 2.24) is 0 Å². The number of rotatable bonds is 4.